The summed E-state index contributed by atoms with van der Waals surface area (Å²) in [7, 11) is 0. The third-order valence-corrected chi connectivity index (χ3v) is 8.27. The van der Waals surface area contributed by atoms with Crippen molar-refractivity contribution in [3.63, 3.8) is 0 Å². The summed E-state index contributed by atoms with van der Waals surface area (Å²) in [6, 6.07) is 19.0. The molecule has 192 valence electrons. The number of piperazine rings is 1. The SMILES string of the molecule is CC(=O)c1ccc(N2CCN(C(=O)[C@H]3c4ccccc4C(=O)N(CC(C)C)[C@@H]3c3cccs3)CC2)cc1. The highest BCUT2D eigenvalue weighted by molar-refractivity contribution is 7.10. The number of benzene rings is 2. The highest BCUT2D eigenvalue weighted by Crippen LogP contribution is 2.45. The molecule has 37 heavy (non-hydrogen) atoms. The van der Waals surface area contributed by atoms with E-state index < -0.39 is 5.92 Å². The number of carbonyl (C=O) groups is 3. The predicted octanol–water partition coefficient (Wildman–Crippen LogP) is 5.24. The minimum Gasteiger partial charge on any atom is -0.368 e. The van der Waals surface area contributed by atoms with Gasteiger partial charge in [-0.05, 0) is 60.2 Å². The fourth-order valence-corrected chi connectivity index (χ4v) is 6.39. The van der Waals surface area contributed by atoms with Crippen LogP contribution in [-0.2, 0) is 4.79 Å². The average Bonchev–Trinajstić information content (AvgIpc) is 3.44. The Morgan fingerprint density at radius 2 is 1.65 bits per heavy atom. The number of hydrogen-bond acceptors (Lipinski definition) is 5. The number of hydrogen-bond donors (Lipinski definition) is 0. The molecule has 6 nitrogen and oxygen atoms in total. The van der Waals surface area contributed by atoms with Crippen LogP contribution in [0.1, 0.15) is 63.9 Å². The smallest absolute Gasteiger partial charge is 0.254 e. The number of carbonyl (C=O) groups excluding carboxylic acids is 3. The van der Waals surface area contributed by atoms with Gasteiger partial charge in [-0.2, -0.15) is 0 Å². The molecule has 1 fully saturated rings. The van der Waals surface area contributed by atoms with Crippen molar-refractivity contribution in [1.82, 2.24) is 9.80 Å². The summed E-state index contributed by atoms with van der Waals surface area (Å²) in [6.07, 6.45) is 0. The first-order valence-corrected chi connectivity index (χ1v) is 13.8. The first kappa shape index (κ1) is 25.2. The summed E-state index contributed by atoms with van der Waals surface area (Å²) in [6.45, 7) is 9.06. The van der Waals surface area contributed by atoms with Crippen LogP contribution in [0.3, 0.4) is 0 Å². The number of nitrogens with zero attached hydrogens (tertiary/aromatic N) is 3. The first-order chi connectivity index (χ1) is 17.8. The van der Waals surface area contributed by atoms with Crippen LogP contribution in [0.4, 0.5) is 5.69 Å². The van der Waals surface area contributed by atoms with Crippen LogP contribution >= 0.6 is 11.3 Å². The zero-order valence-electron chi connectivity index (χ0n) is 21.6. The lowest BCUT2D eigenvalue weighted by Crippen LogP contribution is -2.53. The van der Waals surface area contributed by atoms with E-state index in [2.05, 4.69) is 18.7 Å². The lowest BCUT2D eigenvalue weighted by Gasteiger charge is -2.44. The molecule has 3 aromatic rings. The van der Waals surface area contributed by atoms with Crippen molar-refractivity contribution >= 4 is 34.6 Å². The van der Waals surface area contributed by atoms with Gasteiger partial charge in [-0.25, -0.2) is 0 Å². The van der Waals surface area contributed by atoms with Gasteiger partial charge in [-0.1, -0.05) is 38.1 Å². The molecular formula is C30H33N3O3S. The van der Waals surface area contributed by atoms with Crippen LogP contribution in [0.25, 0.3) is 0 Å². The molecule has 1 aromatic heterocycles. The highest BCUT2D eigenvalue weighted by atomic mass is 32.1. The highest BCUT2D eigenvalue weighted by Gasteiger charge is 2.46. The molecule has 0 unspecified atom stereocenters. The summed E-state index contributed by atoms with van der Waals surface area (Å²) in [5, 5.41) is 2.02. The Hall–Kier alpha value is -3.45. The van der Waals surface area contributed by atoms with Gasteiger partial charge >= 0.3 is 0 Å². The van der Waals surface area contributed by atoms with Gasteiger partial charge in [0.25, 0.3) is 5.91 Å². The Morgan fingerprint density at radius 1 is 0.946 bits per heavy atom. The second-order valence-corrected chi connectivity index (χ2v) is 11.3. The zero-order chi connectivity index (χ0) is 26.1. The Bertz CT molecular complexity index is 1280. The molecule has 0 spiro atoms. The lowest BCUT2D eigenvalue weighted by atomic mass is 9.80. The second-order valence-electron chi connectivity index (χ2n) is 10.3. The van der Waals surface area contributed by atoms with Crippen molar-refractivity contribution < 1.29 is 14.4 Å². The number of ketones is 1. The molecule has 2 aliphatic rings. The van der Waals surface area contributed by atoms with Crippen LogP contribution in [-0.4, -0.2) is 60.1 Å². The van der Waals surface area contributed by atoms with Crippen molar-refractivity contribution in [3.8, 4) is 0 Å². The molecular weight excluding hydrogens is 482 g/mol. The van der Waals surface area contributed by atoms with E-state index in [1.54, 1.807) is 18.3 Å². The normalized spacial score (nSPS) is 19.8. The minimum absolute atomic E-state index is 0.00516. The topological polar surface area (TPSA) is 60.9 Å². The standard InChI is InChI=1S/C30H33N3O3S/c1-20(2)19-33-28(26-9-6-18-37-26)27(24-7-4-5-8-25(24)29(33)35)30(36)32-16-14-31(15-17-32)23-12-10-22(11-13-23)21(3)34/h4-13,18,20,27-28H,14-17,19H2,1-3H3/t27-,28+/m0/s1. The van der Waals surface area contributed by atoms with E-state index in [9.17, 15) is 14.4 Å². The van der Waals surface area contributed by atoms with E-state index in [1.165, 1.54) is 0 Å². The zero-order valence-corrected chi connectivity index (χ0v) is 22.4. The number of amides is 2. The van der Waals surface area contributed by atoms with E-state index in [4.69, 9.17) is 0 Å². The van der Waals surface area contributed by atoms with Crippen LogP contribution < -0.4 is 4.90 Å². The molecule has 0 bridgehead atoms. The number of fused-ring (bicyclic) bond motifs is 1. The largest absolute Gasteiger partial charge is 0.368 e. The van der Waals surface area contributed by atoms with Crippen molar-refractivity contribution in [1.29, 1.82) is 0 Å². The number of Topliss-reactive ketones (excluding diaryl/α,β-unsaturated/α-hetero) is 1. The molecule has 1 saturated heterocycles. The van der Waals surface area contributed by atoms with E-state index in [0.717, 1.165) is 29.2 Å². The maximum absolute atomic E-state index is 14.3. The molecule has 2 aromatic carbocycles. The Balaban J connectivity index is 1.43. The summed E-state index contributed by atoms with van der Waals surface area (Å²) in [5.74, 6) is -0.0117. The summed E-state index contributed by atoms with van der Waals surface area (Å²) in [5.41, 5.74) is 3.23. The summed E-state index contributed by atoms with van der Waals surface area (Å²) in [4.78, 5) is 46.7. The maximum atomic E-state index is 14.3. The van der Waals surface area contributed by atoms with Gasteiger partial charge in [-0.3, -0.25) is 14.4 Å². The van der Waals surface area contributed by atoms with Crippen molar-refractivity contribution in [2.45, 2.75) is 32.7 Å². The Kier molecular flexibility index (Phi) is 7.15. The van der Waals surface area contributed by atoms with Crippen molar-refractivity contribution in [2.24, 2.45) is 5.92 Å². The third-order valence-electron chi connectivity index (χ3n) is 7.33. The quantitative estimate of drug-likeness (QED) is 0.422. The molecule has 0 aliphatic carbocycles. The van der Waals surface area contributed by atoms with E-state index in [0.29, 0.717) is 30.8 Å². The van der Waals surface area contributed by atoms with Gasteiger partial charge in [0.2, 0.25) is 5.91 Å². The lowest BCUT2D eigenvalue weighted by molar-refractivity contribution is -0.135. The van der Waals surface area contributed by atoms with Crippen molar-refractivity contribution in [2.75, 3.05) is 37.6 Å². The van der Waals surface area contributed by atoms with E-state index in [1.807, 2.05) is 75.8 Å². The first-order valence-electron chi connectivity index (χ1n) is 12.9. The van der Waals surface area contributed by atoms with Crippen molar-refractivity contribution in [3.05, 3.63) is 87.6 Å². The van der Waals surface area contributed by atoms with Crippen LogP contribution in [0.5, 0.6) is 0 Å². The fraction of sp³-hybridized carbons (Fsp3) is 0.367. The van der Waals surface area contributed by atoms with Crippen LogP contribution in [0.2, 0.25) is 0 Å². The molecule has 3 heterocycles. The van der Waals surface area contributed by atoms with Gasteiger partial charge in [0.1, 0.15) is 0 Å². The minimum atomic E-state index is -0.437. The molecule has 7 heteroatoms. The Labute approximate surface area is 222 Å². The monoisotopic (exact) mass is 515 g/mol. The summed E-state index contributed by atoms with van der Waals surface area (Å²) >= 11 is 1.61. The predicted molar refractivity (Wildman–Crippen MR) is 147 cm³/mol. The average molecular weight is 516 g/mol. The number of rotatable bonds is 6. The van der Waals surface area contributed by atoms with Gasteiger partial charge in [0, 0.05) is 54.4 Å². The van der Waals surface area contributed by atoms with Gasteiger partial charge in [0.15, 0.2) is 5.78 Å². The Morgan fingerprint density at radius 3 is 2.27 bits per heavy atom. The molecule has 2 aliphatic heterocycles. The number of anilines is 1. The molecule has 2 atom stereocenters. The van der Waals surface area contributed by atoms with Crippen LogP contribution in [0.15, 0.2) is 66.0 Å². The van der Waals surface area contributed by atoms with E-state index >= 15 is 0 Å². The van der Waals surface area contributed by atoms with E-state index in [-0.39, 0.29) is 29.6 Å². The molecule has 0 saturated carbocycles. The molecule has 2 amide bonds. The maximum Gasteiger partial charge on any atom is 0.254 e. The molecule has 5 rings (SSSR count). The number of thiophene rings is 1. The van der Waals surface area contributed by atoms with Gasteiger partial charge in [0.05, 0.1) is 12.0 Å². The fourth-order valence-electron chi connectivity index (χ4n) is 5.52. The third kappa shape index (κ3) is 4.92. The van der Waals surface area contributed by atoms with Crippen LogP contribution in [0, 0.1) is 5.92 Å². The van der Waals surface area contributed by atoms with Gasteiger partial charge in [-0.15, -0.1) is 11.3 Å². The summed E-state index contributed by atoms with van der Waals surface area (Å²) < 4.78 is 0. The second kappa shape index (κ2) is 10.5. The molecule has 0 N–H and O–H groups in total. The van der Waals surface area contributed by atoms with Gasteiger partial charge < -0.3 is 14.7 Å². The molecule has 0 radical (unpaired) electrons.